The fourth-order valence-corrected chi connectivity index (χ4v) is 2.48. The molecule has 0 amide bonds. The molecule has 0 N–H and O–H groups in total. The lowest BCUT2D eigenvalue weighted by Crippen LogP contribution is -2.28. The summed E-state index contributed by atoms with van der Waals surface area (Å²) in [5, 5.41) is 0. The lowest BCUT2D eigenvalue weighted by molar-refractivity contribution is 0.264. The van der Waals surface area contributed by atoms with Crippen LogP contribution in [-0.2, 0) is 6.54 Å². The summed E-state index contributed by atoms with van der Waals surface area (Å²) in [5.41, 5.74) is 1.23. The third kappa shape index (κ3) is 3.85. The number of rotatable bonds is 4. The van der Waals surface area contributed by atoms with Crippen molar-refractivity contribution in [1.82, 2.24) is 9.80 Å². The first kappa shape index (κ1) is 14.2. The smallest absolute Gasteiger partial charge is 0.127 e. The molecule has 0 bridgehead atoms. The van der Waals surface area contributed by atoms with Gasteiger partial charge in [0.05, 0.1) is 14.2 Å². The van der Waals surface area contributed by atoms with E-state index >= 15 is 0 Å². The Labute approximate surface area is 115 Å². The summed E-state index contributed by atoms with van der Waals surface area (Å²) in [7, 11) is 5.59. The molecule has 1 heterocycles. The minimum Gasteiger partial charge on any atom is -0.497 e. The van der Waals surface area contributed by atoms with Gasteiger partial charge in [0.25, 0.3) is 0 Å². The molecule has 0 radical (unpaired) electrons. The maximum Gasteiger partial charge on any atom is 0.127 e. The Hall–Kier alpha value is -1.26. The minimum absolute atomic E-state index is 0.844. The normalized spacial score (nSPS) is 18.1. The fraction of sp³-hybridized carbons (Fsp3) is 0.600. The maximum absolute atomic E-state index is 5.46. The van der Waals surface area contributed by atoms with Gasteiger partial charge in [-0.1, -0.05) is 6.07 Å². The molecule has 2 rings (SSSR count). The zero-order valence-electron chi connectivity index (χ0n) is 12.2. The van der Waals surface area contributed by atoms with E-state index in [1.807, 2.05) is 12.1 Å². The summed E-state index contributed by atoms with van der Waals surface area (Å²) < 4.78 is 10.7. The molecule has 1 aliphatic heterocycles. The van der Waals surface area contributed by atoms with E-state index in [1.54, 1.807) is 14.2 Å². The van der Waals surface area contributed by atoms with E-state index in [-0.39, 0.29) is 0 Å². The van der Waals surface area contributed by atoms with Gasteiger partial charge in [-0.25, -0.2) is 0 Å². The third-order valence-electron chi connectivity index (χ3n) is 3.70. The van der Waals surface area contributed by atoms with E-state index in [0.29, 0.717) is 0 Å². The van der Waals surface area contributed by atoms with Gasteiger partial charge in [0.15, 0.2) is 0 Å². The van der Waals surface area contributed by atoms with Crippen molar-refractivity contribution in [3.8, 4) is 11.5 Å². The molecule has 1 fully saturated rings. The van der Waals surface area contributed by atoms with Gasteiger partial charge in [0.2, 0.25) is 0 Å². The Kier molecular flexibility index (Phi) is 5.05. The van der Waals surface area contributed by atoms with Crippen LogP contribution < -0.4 is 9.47 Å². The average Bonchev–Trinajstić information content (AvgIpc) is 2.64. The van der Waals surface area contributed by atoms with E-state index in [0.717, 1.165) is 37.7 Å². The number of likely N-dealkylation sites (N-methyl/N-ethyl adjacent to an activating group) is 1. The van der Waals surface area contributed by atoms with Crippen LogP contribution in [0.15, 0.2) is 18.2 Å². The number of ether oxygens (including phenoxy) is 2. The van der Waals surface area contributed by atoms with Gasteiger partial charge in [-0.3, -0.25) is 4.90 Å². The van der Waals surface area contributed by atoms with Crippen molar-refractivity contribution in [2.45, 2.75) is 13.0 Å². The van der Waals surface area contributed by atoms with Crippen molar-refractivity contribution in [3.05, 3.63) is 23.8 Å². The van der Waals surface area contributed by atoms with Gasteiger partial charge in [-0.15, -0.1) is 0 Å². The van der Waals surface area contributed by atoms with Crippen LogP contribution in [0, 0.1) is 0 Å². The fourth-order valence-electron chi connectivity index (χ4n) is 2.48. The molecule has 0 saturated carbocycles. The Morgan fingerprint density at radius 2 is 1.89 bits per heavy atom. The SMILES string of the molecule is COc1ccc(CN2CCCN(C)CC2)c(OC)c1. The Morgan fingerprint density at radius 1 is 1.05 bits per heavy atom. The first-order valence-electron chi connectivity index (χ1n) is 6.84. The van der Waals surface area contributed by atoms with Crippen LogP contribution in [0.1, 0.15) is 12.0 Å². The molecule has 0 unspecified atom stereocenters. The summed E-state index contributed by atoms with van der Waals surface area (Å²) >= 11 is 0. The lowest BCUT2D eigenvalue weighted by atomic mass is 10.1. The van der Waals surface area contributed by atoms with Crippen LogP contribution in [0.2, 0.25) is 0 Å². The highest BCUT2D eigenvalue weighted by atomic mass is 16.5. The largest absolute Gasteiger partial charge is 0.497 e. The van der Waals surface area contributed by atoms with E-state index in [2.05, 4.69) is 22.9 Å². The highest BCUT2D eigenvalue weighted by molar-refractivity contribution is 5.40. The van der Waals surface area contributed by atoms with E-state index in [4.69, 9.17) is 9.47 Å². The monoisotopic (exact) mass is 264 g/mol. The van der Waals surface area contributed by atoms with E-state index in [9.17, 15) is 0 Å². The maximum atomic E-state index is 5.46. The molecule has 4 nitrogen and oxygen atoms in total. The van der Waals surface area contributed by atoms with Crippen LogP contribution in [-0.4, -0.2) is 57.2 Å². The first-order valence-corrected chi connectivity index (χ1v) is 6.84. The second-order valence-electron chi connectivity index (χ2n) is 5.11. The van der Waals surface area contributed by atoms with Gasteiger partial charge < -0.3 is 14.4 Å². The van der Waals surface area contributed by atoms with Crippen LogP contribution in [0.5, 0.6) is 11.5 Å². The molecule has 19 heavy (non-hydrogen) atoms. The van der Waals surface area contributed by atoms with E-state index < -0.39 is 0 Å². The van der Waals surface area contributed by atoms with Crippen molar-refractivity contribution in [2.75, 3.05) is 47.4 Å². The second kappa shape index (κ2) is 6.78. The van der Waals surface area contributed by atoms with Gasteiger partial charge in [-0.2, -0.15) is 0 Å². The summed E-state index contributed by atoms with van der Waals surface area (Å²) in [4.78, 5) is 4.89. The number of benzene rings is 1. The van der Waals surface area contributed by atoms with Gasteiger partial charge >= 0.3 is 0 Å². The third-order valence-corrected chi connectivity index (χ3v) is 3.70. The Balaban J connectivity index is 2.05. The van der Waals surface area contributed by atoms with Crippen LogP contribution >= 0.6 is 0 Å². The van der Waals surface area contributed by atoms with Crippen molar-refractivity contribution >= 4 is 0 Å². The number of hydrogen-bond donors (Lipinski definition) is 0. The van der Waals surface area contributed by atoms with Crippen LogP contribution in [0.3, 0.4) is 0 Å². The topological polar surface area (TPSA) is 24.9 Å². The van der Waals surface area contributed by atoms with Crippen molar-refractivity contribution < 1.29 is 9.47 Å². The number of hydrogen-bond acceptors (Lipinski definition) is 4. The predicted molar refractivity (Wildman–Crippen MR) is 76.9 cm³/mol. The highest BCUT2D eigenvalue weighted by Crippen LogP contribution is 2.25. The van der Waals surface area contributed by atoms with Crippen LogP contribution in [0.4, 0.5) is 0 Å². The zero-order valence-corrected chi connectivity index (χ0v) is 12.2. The summed E-state index contributed by atoms with van der Waals surface area (Å²) in [6.45, 7) is 5.54. The van der Waals surface area contributed by atoms with Crippen molar-refractivity contribution in [2.24, 2.45) is 0 Å². The van der Waals surface area contributed by atoms with Gasteiger partial charge in [-0.05, 0) is 32.6 Å². The molecule has 1 aromatic rings. The number of methoxy groups -OCH3 is 2. The molecular formula is C15H24N2O2. The molecule has 1 saturated heterocycles. The average molecular weight is 264 g/mol. The van der Waals surface area contributed by atoms with Crippen molar-refractivity contribution in [3.63, 3.8) is 0 Å². The highest BCUT2D eigenvalue weighted by Gasteiger charge is 2.14. The van der Waals surface area contributed by atoms with Crippen molar-refractivity contribution in [1.29, 1.82) is 0 Å². The molecule has 4 heteroatoms. The summed E-state index contributed by atoms with van der Waals surface area (Å²) in [6, 6.07) is 6.06. The molecule has 1 aromatic carbocycles. The molecule has 0 spiro atoms. The minimum atomic E-state index is 0.844. The molecular weight excluding hydrogens is 240 g/mol. The molecule has 106 valence electrons. The van der Waals surface area contributed by atoms with Gasteiger partial charge in [0.1, 0.15) is 11.5 Å². The van der Waals surface area contributed by atoms with Gasteiger partial charge in [0, 0.05) is 31.3 Å². The lowest BCUT2D eigenvalue weighted by Gasteiger charge is -2.21. The molecule has 0 aliphatic carbocycles. The first-order chi connectivity index (χ1) is 9.22. The Bertz CT molecular complexity index is 409. The molecule has 1 aliphatic rings. The van der Waals surface area contributed by atoms with E-state index in [1.165, 1.54) is 18.5 Å². The predicted octanol–water partition coefficient (Wildman–Crippen LogP) is 1.84. The molecule has 0 atom stereocenters. The second-order valence-corrected chi connectivity index (χ2v) is 5.11. The molecule has 0 aromatic heterocycles. The quantitative estimate of drug-likeness (QED) is 0.828. The zero-order chi connectivity index (χ0) is 13.7. The Morgan fingerprint density at radius 3 is 2.63 bits per heavy atom. The van der Waals surface area contributed by atoms with Crippen LogP contribution in [0.25, 0.3) is 0 Å². The standard InChI is InChI=1S/C15H24N2O2/c1-16-7-4-8-17(10-9-16)12-13-5-6-14(18-2)11-15(13)19-3/h5-6,11H,4,7-10,12H2,1-3H3. The number of nitrogens with zero attached hydrogens (tertiary/aromatic N) is 2. The summed E-state index contributed by atoms with van der Waals surface area (Å²) in [5.74, 6) is 1.76. The summed E-state index contributed by atoms with van der Waals surface area (Å²) in [6.07, 6.45) is 1.23.